The van der Waals surface area contributed by atoms with Gasteiger partial charge < -0.3 is 5.11 Å². The smallest absolute Gasteiger partial charge is 0.110 e. The quantitative estimate of drug-likeness (QED) is 0.578. The molecule has 0 aromatic rings. The lowest BCUT2D eigenvalue weighted by Crippen LogP contribution is -2.57. The summed E-state index contributed by atoms with van der Waals surface area (Å²) in [5.41, 5.74) is 1.37. The zero-order chi connectivity index (χ0) is 18.7. The van der Waals surface area contributed by atoms with Crippen molar-refractivity contribution in [2.45, 2.75) is 83.9 Å². The van der Waals surface area contributed by atoms with E-state index in [1.165, 1.54) is 5.57 Å². The fourth-order valence-electron chi connectivity index (χ4n) is 7.83. The number of hydrogen-bond donors (Lipinski definition) is 1. The molecule has 0 bridgehead atoms. The third-order valence-electron chi connectivity index (χ3n) is 8.98. The molecule has 4 aliphatic rings. The van der Waals surface area contributed by atoms with Gasteiger partial charge in [-0.05, 0) is 86.4 Å². The van der Waals surface area contributed by atoms with Crippen LogP contribution in [-0.2, 0) is 0 Å². The third-order valence-corrected chi connectivity index (χ3v) is 8.98. The third kappa shape index (κ3) is 2.38. The van der Waals surface area contributed by atoms with E-state index in [1.807, 2.05) is 6.92 Å². The van der Waals surface area contributed by atoms with Crippen LogP contribution in [0.2, 0.25) is 0 Å². The maximum Gasteiger partial charge on any atom is 0.110 e. The second kappa shape index (κ2) is 6.22. The molecule has 5 nitrogen and oxygen atoms in total. The van der Waals surface area contributed by atoms with E-state index in [9.17, 15) is 14.9 Å². The van der Waals surface area contributed by atoms with Crippen molar-refractivity contribution in [1.29, 1.82) is 0 Å². The first-order valence-electron chi connectivity index (χ1n) is 10.4. The molecule has 3 fully saturated rings. The van der Waals surface area contributed by atoms with Gasteiger partial charge in [0.15, 0.2) is 0 Å². The van der Waals surface area contributed by atoms with Crippen LogP contribution in [0.25, 0.3) is 0 Å². The van der Waals surface area contributed by atoms with Crippen LogP contribution in [-0.4, -0.2) is 23.3 Å². The molecule has 5 unspecified atom stereocenters. The predicted molar refractivity (Wildman–Crippen MR) is 101 cm³/mol. The van der Waals surface area contributed by atoms with Crippen molar-refractivity contribution >= 4 is 0 Å². The Morgan fingerprint density at radius 3 is 2.65 bits per heavy atom. The van der Waals surface area contributed by atoms with Crippen LogP contribution in [0.15, 0.2) is 22.0 Å². The molecule has 0 spiro atoms. The molecule has 9 atom stereocenters. The van der Waals surface area contributed by atoms with E-state index in [2.05, 4.69) is 30.3 Å². The van der Waals surface area contributed by atoms with Crippen molar-refractivity contribution in [2.75, 3.05) is 0 Å². The van der Waals surface area contributed by atoms with E-state index in [0.717, 1.165) is 44.9 Å². The molecule has 3 saturated carbocycles. The van der Waals surface area contributed by atoms with E-state index in [4.69, 9.17) is 0 Å². The Hall–Kier alpha value is -1.10. The minimum absolute atomic E-state index is 0.00251. The zero-order valence-corrected chi connectivity index (χ0v) is 16.2. The number of fused-ring (bicyclic) bond motifs is 5. The molecule has 26 heavy (non-hydrogen) atoms. The van der Waals surface area contributed by atoms with Crippen LogP contribution in [0.1, 0.15) is 65.7 Å². The fraction of sp³-hybridized carbons (Fsp3) is 0.905. The van der Waals surface area contributed by atoms with E-state index in [0.29, 0.717) is 17.8 Å². The molecule has 0 amide bonds. The van der Waals surface area contributed by atoms with E-state index < -0.39 is 0 Å². The van der Waals surface area contributed by atoms with E-state index >= 15 is 0 Å². The summed E-state index contributed by atoms with van der Waals surface area (Å²) in [5, 5.41) is 17.9. The van der Waals surface area contributed by atoms with Crippen LogP contribution < -0.4 is 0 Å². The number of nitrogens with zero attached hydrogens (tertiary/aromatic N) is 2. The standard InChI is InChI=1S/C21H32N2O3/c1-12(22-25)16-6-7-17-15-5-4-13-10-14(23-26)8-9-20(13,2)19(15)18(24)11-21(16,17)3/h10,12,14-19,24H,4-9,11H2,1-3H3/t12?,14?,15?,16-,17?,18+,19?,20+,21-/m1/s1. The van der Waals surface area contributed by atoms with Gasteiger partial charge in [-0.3, -0.25) is 0 Å². The Morgan fingerprint density at radius 2 is 1.96 bits per heavy atom. The SMILES string of the molecule is CC(N=O)[C@H]1CCC2C3CCC4=CC(N=O)CC[C@]4(C)C3[C@@H](O)C[C@@]21C. The first-order chi connectivity index (χ1) is 12.3. The zero-order valence-electron chi connectivity index (χ0n) is 16.2. The molecule has 4 aliphatic carbocycles. The highest BCUT2D eigenvalue weighted by molar-refractivity contribution is 5.27. The molecule has 5 heteroatoms. The molecule has 4 rings (SSSR count). The molecular formula is C21H32N2O3. The second-order valence-corrected chi connectivity index (χ2v) is 9.96. The van der Waals surface area contributed by atoms with Crippen molar-refractivity contribution in [3.63, 3.8) is 0 Å². The maximum absolute atomic E-state index is 11.3. The number of aliphatic hydroxyl groups excluding tert-OH is 1. The van der Waals surface area contributed by atoms with Gasteiger partial charge in [-0.15, -0.1) is 0 Å². The lowest BCUT2D eigenvalue weighted by Gasteiger charge is -2.60. The Labute approximate surface area is 156 Å². The lowest BCUT2D eigenvalue weighted by atomic mass is 9.45. The Balaban J connectivity index is 1.68. The summed E-state index contributed by atoms with van der Waals surface area (Å²) < 4.78 is 0. The van der Waals surface area contributed by atoms with Crippen molar-refractivity contribution in [3.8, 4) is 0 Å². The molecule has 0 aromatic heterocycles. The topological polar surface area (TPSA) is 79.1 Å². The summed E-state index contributed by atoms with van der Waals surface area (Å²) >= 11 is 0. The van der Waals surface area contributed by atoms with E-state index in [1.54, 1.807) is 0 Å². The van der Waals surface area contributed by atoms with Crippen molar-refractivity contribution < 1.29 is 5.11 Å². The van der Waals surface area contributed by atoms with Gasteiger partial charge in [-0.2, -0.15) is 9.81 Å². The summed E-state index contributed by atoms with van der Waals surface area (Å²) in [6.45, 7) is 6.56. The van der Waals surface area contributed by atoms with Crippen molar-refractivity contribution in [2.24, 2.45) is 44.9 Å². The molecule has 0 radical (unpaired) electrons. The number of hydrogen-bond acceptors (Lipinski definition) is 5. The summed E-state index contributed by atoms with van der Waals surface area (Å²) in [6, 6.07) is -0.353. The van der Waals surface area contributed by atoms with Crippen LogP contribution >= 0.6 is 0 Å². The van der Waals surface area contributed by atoms with Crippen LogP contribution in [0.4, 0.5) is 0 Å². The van der Waals surface area contributed by atoms with Gasteiger partial charge in [0.1, 0.15) is 6.04 Å². The summed E-state index contributed by atoms with van der Waals surface area (Å²) in [6.07, 6.45) is 8.62. The number of allylic oxidation sites excluding steroid dienone is 1. The molecule has 0 aromatic carbocycles. The second-order valence-electron chi connectivity index (χ2n) is 9.96. The minimum atomic E-state index is -0.338. The number of aliphatic hydroxyl groups is 1. The molecular weight excluding hydrogens is 328 g/mol. The van der Waals surface area contributed by atoms with E-state index in [-0.39, 0.29) is 34.9 Å². The van der Waals surface area contributed by atoms with Crippen molar-refractivity contribution in [1.82, 2.24) is 0 Å². The van der Waals surface area contributed by atoms with Gasteiger partial charge >= 0.3 is 0 Å². The largest absolute Gasteiger partial charge is 0.393 e. The molecule has 144 valence electrons. The Bertz CT molecular complexity index is 635. The molecule has 0 aliphatic heterocycles. The minimum Gasteiger partial charge on any atom is -0.393 e. The number of rotatable bonds is 3. The Kier molecular flexibility index (Phi) is 4.37. The van der Waals surface area contributed by atoms with Crippen molar-refractivity contribution in [3.05, 3.63) is 21.5 Å². The average Bonchev–Trinajstić information content (AvgIpc) is 2.96. The van der Waals surface area contributed by atoms with Gasteiger partial charge in [0.25, 0.3) is 0 Å². The fourth-order valence-corrected chi connectivity index (χ4v) is 7.83. The molecule has 0 heterocycles. The Morgan fingerprint density at radius 1 is 1.19 bits per heavy atom. The van der Waals surface area contributed by atoms with Gasteiger partial charge in [0.2, 0.25) is 0 Å². The number of nitroso groups, excluding NO2 is 2. The monoisotopic (exact) mass is 360 g/mol. The normalized spacial score (nSPS) is 51.5. The summed E-state index contributed by atoms with van der Waals surface area (Å²) in [4.78, 5) is 22.2. The van der Waals surface area contributed by atoms with Gasteiger partial charge in [0.05, 0.1) is 12.1 Å². The van der Waals surface area contributed by atoms with Gasteiger partial charge in [0, 0.05) is 0 Å². The molecule has 0 saturated heterocycles. The lowest BCUT2D eigenvalue weighted by molar-refractivity contribution is -0.129. The van der Waals surface area contributed by atoms with Crippen LogP contribution in [0.3, 0.4) is 0 Å². The summed E-state index contributed by atoms with van der Waals surface area (Å²) in [5.74, 6) is 1.65. The van der Waals surface area contributed by atoms with Crippen LogP contribution in [0, 0.1) is 44.3 Å². The predicted octanol–water partition coefficient (Wildman–Crippen LogP) is 4.83. The highest BCUT2D eigenvalue weighted by Gasteiger charge is 2.62. The van der Waals surface area contributed by atoms with Crippen LogP contribution in [0.5, 0.6) is 0 Å². The maximum atomic E-state index is 11.3. The highest BCUT2D eigenvalue weighted by Crippen LogP contribution is 2.67. The highest BCUT2D eigenvalue weighted by atomic mass is 16.3. The first-order valence-corrected chi connectivity index (χ1v) is 10.4. The van der Waals surface area contributed by atoms with Gasteiger partial charge in [-0.25, -0.2) is 0 Å². The molecule has 1 N–H and O–H groups in total. The summed E-state index contributed by atoms with van der Waals surface area (Å²) in [7, 11) is 0. The first kappa shape index (κ1) is 18.3. The average molecular weight is 360 g/mol. The van der Waals surface area contributed by atoms with Gasteiger partial charge in [-0.1, -0.05) is 35.9 Å².